The van der Waals surface area contributed by atoms with Crippen LogP contribution in [0.3, 0.4) is 0 Å². The summed E-state index contributed by atoms with van der Waals surface area (Å²) in [5, 5.41) is 0. The maximum absolute atomic E-state index is 12.8. The van der Waals surface area contributed by atoms with E-state index in [-0.39, 0.29) is 24.3 Å². The molecule has 0 spiro atoms. The number of benzene rings is 1. The van der Waals surface area contributed by atoms with Crippen LogP contribution in [0.4, 0.5) is 4.39 Å². The molecule has 1 aromatic rings. The van der Waals surface area contributed by atoms with Gasteiger partial charge in [0.15, 0.2) is 0 Å². The fourth-order valence-corrected chi connectivity index (χ4v) is 1.41. The van der Waals surface area contributed by atoms with Crippen LogP contribution in [0.5, 0.6) is 0 Å². The van der Waals surface area contributed by atoms with Gasteiger partial charge in [-0.15, -0.1) is 12.4 Å². The summed E-state index contributed by atoms with van der Waals surface area (Å²) in [4.78, 5) is 0. The van der Waals surface area contributed by atoms with E-state index in [1.807, 2.05) is 0 Å². The minimum atomic E-state index is -0.303. The molecule has 0 aliphatic rings. The van der Waals surface area contributed by atoms with E-state index in [2.05, 4.69) is 15.9 Å². The summed E-state index contributed by atoms with van der Waals surface area (Å²) in [6, 6.07) is 4.24. The molecule has 5 heteroatoms. The quantitative estimate of drug-likeness (QED) is 0.862. The molecule has 0 bridgehead atoms. The maximum Gasteiger partial charge on any atom is 0.124 e. The van der Waals surface area contributed by atoms with E-state index in [4.69, 9.17) is 11.5 Å². The topological polar surface area (TPSA) is 52.0 Å². The zero-order valence-corrected chi connectivity index (χ0v) is 9.24. The molecule has 0 aliphatic heterocycles. The van der Waals surface area contributed by atoms with Gasteiger partial charge in [0.25, 0.3) is 0 Å². The van der Waals surface area contributed by atoms with E-state index in [0.29, 0.717) is 16.6 Å². The summed E-state index contributed by atoms with van der Waals surface area (Å²) < 4.78 is 13.5. The van der Waals surface area contributed by atoms with Gasteiger partial charge in [0, 0.05) is 17.1 Å². The lowest BCUT2D eigenvalue weighted by Crippen LogP contribution is -2.20. The Morgan fingerprint density at radius 1 is 1.38 bits per heavy atom. The number of hydrogen-bond acceptors (Lipinski definition) is 2. The first-order valence-corrected chi connectivity index (χ1v) is 4.34. The van der Waals surface area contributed by atoms with Crippen LogP contribution in [0.1, 0.15) is 11.6 Å². The molecule has 0 saturated carbocycles. The van der Waals surface area contributed by atoms with Gasteiger partial charge in [-0.3, -0.25) is 0 Å². The van der Waals surface area contributed by atoms with Crippen molar-refractivity contribution < 1.29 is 4.39 Å². The molecule has 0 saturated heterocycles. The van der Waals surface area contributed by atoms with Gasteiger partial charge < -0.3 is 11.5 Å². The van der Waals surface area contributed by atoms with Gasteiger partial charge in [-0.2, -0.15) is 0 Å². The molecule has 74 valence electrons. The first kappa shape index (κ1) is 12.8. The van der Waals surface area contributed by atoms with Gasteiger partial charge >= 0.3 is 0 Å². The Kier molecular flexibility index (Phi) is 5.48. The molecule has 0 heterocycles. The third-order valence-corrected chi connectivity index (χ3v) is 2.02. The number of rotatable bonds is 2. The van der Waals surface area contributed by atoms with Gasteiger partial charge in [-0.25, -0.2) is 4.39 Å². The Labute approximate surface area is 91.0 Å². The highest BCUT2D eigenvalue weighted by molar-refractivity contribution is 9.10. The van der Waals surface area contributed by atoms with Crippen molar-refractivity contribution in [2.45, 2.75) is 6.04 Å². The largest absolute Gasteiger partial charge is 0.329 e. The van der Waals surface area contributed by atoms with Crippen LogP contribution < -0.4 is 11.5 Å². The average Bonchev–Trinajstić information content (AvgIpc) is 2.01. The first-order chi connectivity index (χ1) is 5.63. The second-order valence-corrected chi connectivity index (χ2v) is 3.46. The molecular weight excluding hydrogens is 258 g/mol. The van der Waals surface area contributed by atoms with Crippen molar-refractivity contribution in [1.29, 1.82) is 0 Å². The third-order valence-electron chi connectivity index (χ3n) is 1.57. The highest BCUT2D eigenvalue weighted by Crippen LogP contribution is 2.18. The van der Waals surface area contributed by atoms with Gasteiger partial charge in [0.2, 0.25) is 0 Å². The molecular formula is C8H11BrClFN2. The molecule has 0 aliphatic carbocycles. The van der Waals surface area contributed by atoms with E-state index in [1.54, 1.807) is 6.07 Å². The Morgan fingerprint density at radius 2 is 2.00 bits per heavy atom. The molecule has 4 N–H and O–H groups in total. The van der Waals surface area contributed by atoms with E-state index < -0.39 is 0 Å². The smallest absolute Gasteiger partial charge is 0.124 e. The van der Waals surface area contributed by atoms with Crippen LogP contribution >= 0.6 is 28.3 Å². The van der Waals surface area contributed by atoms with E-state index in [1.165, 1.54) is 12.1 Å². The van der Waals surface area contributed by atoms with Crippen LogP contribution in [-0.2, 0) is 0 Å². The van der Waals surface area contributed by atoms with Crippen molar-refractivity contribution in [1.82, 2.24) is 0 Å². The van der Waals surface area contributed by atoms with Gasteiger partial charge in [-0.1, -0.05) is 15.9 Å². The highest BCUT2D eigenvalue weighted by Gasteiger charge is 2.05. The summed E-state index contributed by atoms with van der Waals surface area (Å²) in [5.74, 6) is -0.303. The fourth-order valence-electron chi connectivity index (χ4n) is 0.925. The Hall–Kier alpha value is -0.160. The van der Waals surface area contributed by atoms with Crippen LogP contribution in [0, 0.1) is 5.82 Å². The molecule has 2 nitrogen and oxygen atoms in total. The fraction of sp³-hybridized carbons (Fsp3) is 0.250. The molecule has 1 rings (SSSR count). The molecule has 0 amide bonds. The molecule has 13 heavy (non-hydrogen) atoms. The predicted molar refractivity (Wildman–Crippen MR) is 57.3 cm³/mol. The summed E-state index contributed by atoms with van der Waals surface area (Å²) in [7, 11) is 0. The van der Waals surface area contributed by atoms with Gasteiger partial charge in [-0.05, 0) is 23.8 Å². The summed E-state index contributed by atoms with van der Waals surface area (Å²) in [6.07, 6.45) is 0. The Bertz CT molecular complexity index is 263. The lowest BCUT2D eigenvalue weighted by molar-refractivity contribution is 0.619. The van der Waals surface area contributed by atoms with Gasteiger partial charge in [0.1, 0.15) is 5.82 Å². The molecule has 0 fully saturated rings. The summed E-state index contributed by atoms with van der Waals surface area (Å²) >= 11 is 3.17. The zero-order valence-electron chi connectivity index (χ0n) is 6.84. The second kappa shape index (κ2) is 5.54. The standard InChI is InChI=1S/C8H10BrFN2.ClH/c9-6-1-5(8(12)4-11)2-7(10)3-6;/h1-3,8H,4,11-12H2;1H/t8-;/m0./s1. The molecule has 0 radical (unpaired) electrons. The van der Waals surface area contributed by atoms with Crippen molar-refractivity contribution in [3.05, 3.63) is 34.1 Å². The van der Waals surface area contributed by atoms with Crippen LogP contribution in [0.25, 0.3) is 0 Å². The predicted octanol–water partition coefficient (Wildman–Crippen LogP) is 1.97. The van der Waals surface area contributed by atoms with Crippen molar-refractivity contribution in [3.63, 3.8) is 0 Å². The Morgan fingerprint density at radius 3 is 2.46 bits per heavy atom. The average molecular weight is 270 g/mol. The Balaban J connectivity index is 0.00000144. The van der Waals surface area contributed by atoms with Gasteiger partial charge in [0.05, 0.1) is 0 Å². The number of halogens is 3. The van der Waals surface area contributed by atoms with Crippen LogP contribution in [-0.4, -0.2) is 6.54 Å². The first-order valence-electron chi connectivity index (χ1n) is 3.55. The SMILES string of the molecule is Cl.NC[C@H](N)c1cc(F)cc(Br)c1. The number of hydrogen-bond donors (Lipinski definition) is 2. The van der Waals surface area contributed by atoms with Crippen LogP contribution in [0.15, 0.2) is 22.7 Å². The monoisotopic (exact) mass is 268 g/mol. The minimum Gasteiger partial charge on any atom is -0.329 e. The molecule has 0 aromatic heterocycles. The lowest BCUT2D eigenvalue weighted by atomic mass is 10.1. The van der Waals surface area contributed by atoms with Crippen molar-refractivity contribution in [3.8, 4) is 0 Å². The lowest BCUT2D eigenvalue weighted by Gasteiger charge is -2.09. The maximum atomic E-state index is 12.8. The van der Waals surface area contributed by atoms with E-state index in [0.717, 1.165) is 0 Å². The van der Waals surface area contributed by atoms with E-state index in [9.17, 15) is 4.39 Å². The van der Waals surface area contributed by atoms with E-state index >= 15 is 0 Å². The van der Waals surface area contributed by atoms with Crippen LogP contribution in [0.2, 0.25) is 0 Å². The van der Waals surface area contributed by atoms with Crippen molar-refractivity contribution in [2.75, 3.05) is 6.54 Å². The summed E-state index contributed by atoms with van der Waals surface area (Å²) in [5.41, 5.74) is 11.7. The molecule has 1 atom stereocenters. The normalized spacial score (nSPS) is 12.0. The highest BCUT2D eigenvalue weighted by atomic mass is 79.9. The van der Waals surface area contributed by atoms with Crippen molar-refractivity contribution >= 4 is 28.3 Å². The molecule has 0 unspecified atom stereocenters. The zero-order chi connectivity index (χ0) is 9.14. The third kappa shape index (κ3) is 3.60. The minimum absolute atomic E-state index is 0. The second-order valence-electron chi connectivity index (χ2n) is 2.54. The summed E-state index contributed by atoms with van der Waals surface area (Å²) in [6.45, 7) is 0.315. The molecule has 1 aromatic carbocycles. The van der Waals surface area contributed by atoms with Crippen molar-refractivity contribution in [2.24, 2.45) is 11.5 Å². The number of nitrogens with two attached hydrogens (primary N) is 2.